The highest BCUT2D eigenvalue weighted by Gasteiger charge is 2.08. The molecule has 5 nitrogen and oxygen atoms in total. The van der Waals surface area contributed by atoms with Gasteiger partial charge in [0.15, 0.2) is 16.6 Å². The number of rotatable bonds is 10. The predicted octanol–water partition coefficient (Wildman–Crippen LogP) is 6.80. The van der Waals surface area contributed by atoms with E-state index in [1.807, 2.05) is 54.8 Å². The molecule has 162 valence electrons. The molecule has 0 radical (unpaired) electrons. The van der Waals surface area contributed by atoms with Crippen LogP contribution in [0.25, 0.3) is 17.3 Å². The summed E-state index contributed by atoms with van der Waals surface area (Å²) in [6, 6.07) is 13.6. The molecule has 2 aromatic carbocycles. The van der Waals surface area contributed by atoms with Crippen molar-refractivity contribution in [2.24, 2.45) is 0 Å². The minimum Gasteiger partial charge on any atom is -0.490 e. The molecular weight excluding hydrogens is 476 g/mol. The molecule has 0 aliphatic rings. The van der Waals surface area contributed by atoms with Crippen LogP contribution in [0.1, 0.15) is 32.3 Å². The van der Waals surface area contributed by atoms with Crippen molar-refractivity contribution in [2.45, 2.75) is 26.7 Å². The summed E-state index contributed by atoms with van der Waals surface area (Å²) >= 11 is 4.82. The third-order valence-corrected chi connectivity index (χ3v) is 5.61. The smallest absolute Gasteiger partial charge is 0.250 e. The Labute approximate surface area is 195 Å². The van der Waals surface area contributed by atoms with Crippen molar-refractivity contribution in [1.82, 2.24) is 4.98 Å². The van der Waals surface area contributed by atoms with Crippen molar-refractivity contribution in [2.75, 3.05) is 18.5 Å². The SMILES string of the molecule is CCCCOc1ccc(/C=C/C(=O)Nc2nc(-c3ccc(Br)cc3)cs2)cc1OCC. The van der Waals surface area contributed by atoms with Crippen LogP contribution in [-0.4, -0.2) is 24.1 Å². The van der Waals surface area contributed by atoms with E-state index in [2.05, 4.69) is 33.2 Å². The van der Waals surface area contributed by atoms with Crippen molar-refractivity contribution in [1.29, 1.82) is 0 Å². The van der Waals surface area contributed by atoms with Crippen molar-refractivity contribution < 1.29 is 14.3 Å². The number of aromatic nitrogens is 1. The first-order valence-corrected chi connectivity index (χ1v) is 11.9. The first-order valence-electron chi connectivity index (χ1n) is 10.2. The molecule has 0 fully saturated rings. The fourth-order valence-corrected chi connectivity index (χ4v) is 3.73. The Morgan fingerprint density at radius 1 is 1.13 bits per heavy atom. The molecule has 1 aromatic heterocycles. The molecule has 0 bridgehead atoms. The fraction of sp³-hybridized carbons (Fsp3) is 0.250. The summed E-state index contributed by atoms with van der Waals surface area (Å²) in [6.07, 6.45) is 5.30. The Hall–Kier alpha value is -2.64. The van der Waals surface area contributed by atoms with Crippen molar-refractivity contribution >= 4 is 44.4 Å². The molecule has 0 saturated heterocycles. The van der Waals surface area contributed by atoms with E-state index in [0.717, 1.165) is 39.9 Å². The zero-order chi connectivity index (χ0) is 22.1. The van der Waals surface area contributed by atoms with Crippen LogP contribution >= 0.6 is 27.3 Å². The molecule has 1 N–H and O–H groups in total. The summed E-state index contributed by atoms with van der Waals surface area (Å²) in [4.78, 5) is 16.8. The zero-order valence-electron chi connectivity index (χ0n) is 17.6. The van der Waals surface area contributed by atoms with Gasteiger partial charge >= 0.3 is 0 Å². The number of carbonyl (C=O) groups is 1. The largest absolute Gasteiger partial charge is 0.490 e. The van der Waals surface area contributed by atoms with Gasteiger partial charge < -0.3 is 9.47 Å². The minimum absolute atomic E-state index is 0.238. The molecule has 0 unspecified atom stereocenters. The molecule has 0 atom stereocenters. The van der Waals surface area contributed by atoms with Gasteiger partial charge in [-0.05, 0) is 49.2 Å². The number of hydrogen-bond acceptors (Lipinski definition) is 5. The highest BCUT2D eigenvalue weighted by Crippen LogP contribution is 2.29. The van der Waals surface area contributed by atoms with Gasteiger partial charge in [0.2, 0.25) is 5.91 Å². The Bertz CT molecular complexity index is 1030. The van der Waals surface area contributed by atoms with Crippen molar-refractivity contribution in [3.63, 3.8) is 0 Å². The van der Waals surface area contributed by atoms with Gasteiger partial charge in [-0.3, -0.25) is 10.1 Å². The monoisotopic (exact) mass is 500 g/mol. The average molecular weight is 501 g/mol. The molecule has 0 saturated carbocycles. The van der Waals surface area contributed by atoms with E-state index in [0.29, 0.717) is 24.1 Å². The average Bonchev–Trinajstić information content (AvgIpc) is 3.23. The quantitative estimate of drug-likeness (QED) is 0.245. The molecule has 3 rings (SSSR count). The standard InChI is InChI=1S/C24H25BrN2O3S/c1-3-5-14-30-21-12-6-17(15-22(21)29-4-2)7-13-23(28)27-24-26-20(16-31-24)18-8-10-19(25)11-9-18/h6-13,15-16H,3-5,14H2,1-2H3,(H,26,27,28)/b13-7+. The summed E-state index contributed by atoms with van der Waals surface area (Å²) in [5, 5.41) is 5.30. The molecule has 31 heavy (non-hydrogen) atoms. The van der Waals surface area contributed by atoms with E-state index in [1.54, 1.807) is 6.08 Å². The number of hydrogen-bond donors (Lipinski definition) is 1. The molecule has 1 heterocycles. The molecule has 0 aliphatic carbocycles. The Morgan fingerprint density at radius 2 is 1.94 bits per heavy atom. The van der Waals surface area contributed by atoms with E-state index in [9.17, 15) is 4.79 Å². The molecule has 7 heteroatoms. The van der Waals surface area contributed by atoms with Gasteiger partial charge in [0.25, 0.3) is 0 Å². The lowest BCUT2D eigenvalue weighted by atomic mass is 10.2. The van der Waals surface area contributed by atoms with E-state index in [1.165, 1.54) is 17.4 Å². The van der Waals surface area contributed by atoms with Crippen LogP contribution in [0.4, 0.5) is 5.13 Å². The molecular formula is C24H25BrN2O3S. The number of carbonyl (C=O) groups excluding carboxylic acids is 1. The normalized spacial score (nSPS) is 10.9. The minimum atomic E-state index is -0.238. The number of unbranched alkanes of at least 4 members (excludes halogenated alkanes) is 1. The van der Waals surface area contributed by atoms with Crippen LogP contribution in [-0.2, 0) is 4.79 Å². The van der Waals surface area contributed by atoms with Crippen LogP contribution in [0, 0.1) is 0 Å². The molecule has 1 amide bonds. The second-order valence-electron chi connectivity index (χ2n) is 6.71. The topological polar surface area (TPSA) is 60.5 Å². The van der Waals surface area contributed by atoms with Crippen molar-refractivity contribution in [3.05, 3.63) is 64.0 Å². The maximum atomic E-state index is 12.3. The van der Waals surface area contributed by atoms with Gasteiger partial charge in [-0.15, -0.1) is 11.3 Å². The van der Waals surface area contributed by atoms with Gasteiger partial charge in [-0.1, -0.05) is 47.5 Å². The van der Waals surface area contributed by atoms with Crippen LogP contribution in [0.3, 0.4) is 0 Å². The lowest BCUT2D eigenvalue weighted by Gasteiger charge is -2.12. The lowest BCUT2D eigenvalue weighted by Crippen LogP contribution is -2.07. The van der Waals surface area contributed by atoms with Crippen LogP contribution in [0.5, 0.6) is 11.5 Å². The summed E-state index contributed by atoms with van der Waals surface area (Å²) in [6.45, 7) is 5.26. The summed E-state index contributed by atoms with van der Waals surface area (Å²) in [5.41, 5.74) is 2.69. The number of ether oxygens (including phenoxy) is 2. The molecule has 3 aromatic rings. The highest BCUT2D eigenvalue weighted by molar-refractivity contribution is 9.10. The van der Waals surface area contributed by atoms with Gasteiger partial charge in [0.1, 0.15) is 0 Å². The van der Waals surface area contributed by atoms with Crippen LogP contribution in [0.2, 0.25) is 0 Å². The maximum Gasteiger partial charge on any atom is 0.250 e. The van der Waals surface area contributed by atoms with Crippen LogP contribution < -0.4 is 14.8 Å². The summed E-state index contributed by atoms with van der Waals surface area (Å²) in [5.74, 6) is 1.17. The maximum absolute atomic E-state index is 12.3. The Kier molecular flexibility index (Phi) is 8.67. The second-order valence-corrected chi connectivity index (χ2v) is 8.48. The molecule has 0 spiro atoms. The number of benzene rings is 2. The molecule has 0 aliphatic heterocycles. The predicted molar refractivity (Wildman–Crippen MR) is 131 cm³/mol. The van der Waals surface area contributed by atoms with Crippen LogP contribution in [0.15, 0.2) is 58.4 Å². The van der Waals surface area contributed by atoms with E-state index in [4.69, 9.17) is 9.47 Å². The lowest BCUT2D eigenvalue weighted by molar-refractivity contribution is -0.111. The van der Waals surface area contributed by atoms with Crippen molar-refractivity contribution in [3.8, 4) is 22.8 Å². The van der Waals surface area contributed by atoms with E-state index in [-0.39, 0.29) is 5.91 Å². The van der Waals surface area contributed by atoms with E-state index < -0.39 is 0 Å². The number of nitrogens with zero attached hydrogens (tertiary/aromatic N) is 1. The number of halogens is 1. The summed E-state index contributed by atoms with van der Waals surface area (Å²) < 4.78 is 12.5. The Morgan fingerprint density at radius 3 is 2.68 bits per heavy atom. The van der Waals surface area contributed by atoms with Gasteiger partial charge in [-0.2, -0.15) is 0 Å². The fourth-order valence-electron chi connectivity index (χ4n) is 2.75. The highest BCUT2D eigenvalue weighted by atomic mass is 79.9. The third kappa shape index (κ3) is 6.94. The second kappa shape index (κ2) is 11.7. The van der Waals surface area contributed by atoms with Gasteiger partial charge in [0.05, 0.1) is 18.9 Å². The van der Waals surface area contributed by atoms with Gasteiger partial charge in [0, 0.05) is 21.5 Å². The zero-order valence-corrected chi connectivity index (χ0v) is 20.0. The number of nitrogens with one attached hydrogen (secondary N) is 1. The summed E-state index contributed by atoms with van der Waals surface area (Å²) in [7, 11) is 0. The van der Waals surface area contributed by atoms with E-state index >= 15 is 0 Å². The first kappa shape index (κ1) is 23.0. The Balaban J connectivity index is 1.63. The number of thiazole rings is 1. The van der Waals surface area contributed by atoms with Gasteiger partial charge in [-0.25, -0.2) is 4.98 Å². The first-order chi connectivity index (χ1) is 15.1. The third-order valence-electron chi connectivity index (χ3n) is 4.32. The number of amides is 1. The number of anilines is 1.